The fourth-order valence-corrected chi connectivity index (χ4v) is 1.10. The number of hydrogen-bond acceptors (Lipinski definition) is 3. The van der Waals surface area contributed by atoms with Gasteiger partial charge in [-0.25, -0.2) is 0 Å². The second-order valence-electron chi connectivity index (χ2n) is 3.00. The number of aliphatic carboxylic acids is 1. The SMILES string of the molecule is O=C(O)CCNCCc1ccncc1. The molecule has 0 radical (unpaired) electrons. The van der Waals surface area contributed by atoms with E-state index in [0.717, 1.165) is 13.0 Å². The van der Waals surface area contributed by atoms with Crippen molar-refractivity contribution in [3.8, 4) is 0 Å². The minimum atomic E-state index is -0.763. The Labute approximate surface area is 83.0 Å². The first-order chi connectivity index (χ1) is 6.79. The monoisotopic (exact) mass is 194 g/mol. The molecule has 2 N–H and O–H groups in total. The van der Waals surface area contributed by atoms with E-state index < -0.39 is 5.97 Å². The Hall–Kier alpha value is -1.42. The summed E-state index contributed by atoms with van der Waals surface area (Å²) in [6, 6.07) is 3.91. The Bertz CT molecular complexity index is 275. The molecule has 76 valence electrons. The highest BCUT2D eigenvalue weighted by molar-refractivity contribution is 5.66. The average Bonchev–Trinajstić information content (AvgIpc) is 2.18. The van der Waals surface area contributed by atoms with Crippen LogP contribution in [0.2, 0.25) is 0 Å². The molecule has 1 aromatic rings. The lowest BCUT2D eigenvalue weighted by Gasteiger charge is -2.02. The summed E-state index contributed by atoms with van der Waals surface area (Å²) in [6.45, 7) is 1.33. The molecular weight excluding hydrogens is 180 g/mol. The largest absolute Gasteiger partial charge is 0.481 e. The Morgan fingerprint density at radius 1 is 1.36 bits per heavy atom. The van der Waals surface area contributed by atoms with Gasteiger partial charge in [0.25, 0.3) is 0 Å². The van der Waals surface area contributed by atoms with E-state index in [4.69, 9.17) is 5.11 Å². The maximum atomic E-state index is 10.2. The van der Waals surface area contributed by atoms with E-state index in [-0.39, 0.29) is 6.42 Å². The van der Waals surface area contributed by atoms with E-state index in [1.165, 1.54) is 5.56 Å². The number of carboxylic acids is 1. The predicted molar refractivity (Wildman–Crippen MR) is 53.1 cm³/mol. The molecule has 0 aliphatic rings. The molecule has 14 heavy (non-hydrogen) atoms. The van der Waals surface area contributed by atoms with Gasteiger partial charge in [0.1, 0.15) is 0 Å². The number of carbonyl (C=O) groups is 1. The number of hydrogen-bond donors (Lipinski definition) is 2. The van der Waals surface area contributed by atoms with Crippen molar-refractivity contribution in [3.63, 3.8) is 0 Å². The highest BCUT2D eigenvalue weighted by atomic mass is 16.4. The molecule has 0 saturated carbocycles. The summed E-state index contributed by atoms with van der Waals surface area (Å²) in [6.07, 6.45) is 4.59. The lowest BCUT2D eigenvalue weighted by atomic mass is 10.2. The molecule has 0 bridgehead atoms. The fraction of sp³-hybridized carbons (Fsp3) is 0.400. The van der Waals surface area contributed by atoms with Gasteiger partial charge >= 0.3 is 5.97 Å². The van der Waals surface area contributed by atoms with Crippen LogP contribution in [0, 0.1) is 0 Å². The Morgan fingerprint density at radius 3 is 2.71 bits per heavy atom. The van der Waals surface area contributed by atoms with Crippen molar-refractivity contribution in [3.05, 3.63) is 30.1 Å². The van der Waals surface area contributed by atoms with Crippen molar-refractivity contribution in [1.29, 1.82) is 0 Å². The van der Waals surface area contributed by atoms with Crippen LogP contribution in [0.3, 0.4) is 0 Å². The summed E-state index contributed by atoms with van der Waals surface area (Å²) in [5.41, 5.74) is 1.21. The molecule has 0 aromatic carbocycles. The average molecular weight is 194 g/mol. The Kier molecular flexibility index (Phi) is 4.64. The zero-order valence-corrected chi connectivity index (χ0v) is 7.94. The van der Waals surface area contributed by atoms with Crippen LogP contribution in [-0.2, 0) is 11.2 Å². The van der Waals surface area contributed by atoms with Gasteiger partial charge in [0.15, 0.2) is 0 Å². The minimum Gasteiger partial charge on any atom is -0.481 e. The first-order valence-electron chi connectivity index (χ1n) is 4.60. The van der Waals surface area contributed by atoms with Crippen LogP contribution in [-0.4, -0.2) is 29.1 Å². The number of nitrogens with one attached hydrogen (secondary N) is 1. The van der Waals surface area contributed by atoms with Gasteiger partial charge in [0.2, 0.25) is 0 Å². The Morgan fingerprint density at radius 2 is 2.07 bits per heavy atom. The van der Waals surface area contributed by atoms with Gasteiger partial charge in [-0.3, -0.25) is 9.78 Å². The third-order valence-corrected chi connectivity index (χ3v) is 1.86. The van der Waals surface area contributed by atoms with E-state index >= 15 is 0 Å². The van der Waals surface area contributed by atoms with Crippen LogP contribution < -0.4 is 5.32 Å². The summed E-state index contributed by atoms with van der Waals surface area (Å²) < 4.78 is 0. The molecule has 0 atom stereocenters. The van der Waals surface area contributed by atoms with Crippen molar-refractivity contribution >= 4 is 5.97 Å². The van der Waals surface area contributed by atoms with E-state index in [1.807, 2.05) is 12.1 Å². The lowest BCUT2D eigenvalue weighted by Crippen LogP contribution is -2.20. The molecular formula is C10H14N2O2. The van der Waals surface area contributed by atoms with Crippen LogP contribution in [0.15, 0.2) is 24.5 Å². The summed E-state index contributed by atoms with van der Waals surface area (Å²) in [5, 5.41) is 11.4. The maximum absolute atomic E-state index is 10.2. The lowest BCUT2D eigenvalue weighted by molar-refractivity contribution is -0.136. The normalized spacial score (nSPS) is 10.0. The molecule has 1 heterocycles. The first kappa shape index (κ1) is 10.7. The molecule has 0 fully saturated rings. The summed E-state index contributed by atoms with van der Waals surface area (Å²) in [7, 11) is 0. The number of nitrogens with zero attached hydrogens (tertiary/aromatic N) is 1. The third-order valence-electron chi connectivity index (χ3n) is 1.86. The van der Waals surface area contributed by atoms with Crippen molar-refractivity contribution in [2.45, 2.75) is 12.8 Å². The number of carboxylic acid groups (broad SMARTS) is 1. The molecule has 0 amide bonds. The fourth-order valence-electron chi connectivity index (χ4n) is 1.10. The van der Waals surface area contributed by atoms with Crippen molar-refractivity contribution < 1.29 is 9.90 Å². The van der Waals surface area contributed by atoms with Gasteiger partial charge in [-0.1, -0.05) is 0 Å². The second-order valence-corrected chi connectivity index (χ2v) is 3.00. The van der Waals surface area contributed by atoms with Crippen LogP contribution in [0.4, 0.5) is 0 Å². The number of aromatic nitrogens is 1. The topological polar surface area (TPSA) is 62.2 Å². The van der Waals surface area contributed by atoms with E-state index in [9.17, 15) is 4.79 Å². The summed E-state index contributed by atoms with van der Waals surface area (Å²) in [5.74, 6) is -0.763. The molecule has 1 aromatic heterocycles. The molecule has 0 saturated heterocycles. The van der Waals surface area contributed by atoms with Gasteiger partial charge in [-0.15, -0.1) is 0 Å². The predicted octanol–water partition coefficient (Wildman–Crippen LogP) is 0.688. The van der Waals surface area contributed by atoms with Crippen LogP contribution in [0.25, 0.3) is 0 Å². The van der Waals surface area contributed by atoms with Crippen LogP contribution in [0.1, 0.15) is 12.0 Å². The second kappa shape index (κ2) is 6.10. The molecule has 4 nitrogen and oxygen atoms in total. The van der Waals surface area contributed by atoms with Gasteiger partial charge in [-0.05, 0) is 30.7 Å². The van der Waals surface area contributed by atoms with E-state index in [0.29, 0.717) is 6.54 Å². The van der Waals surface area contributed by atoms with Gasteiger partial charge in [0.05, 0.1) is 6.42 Å². The van der Waals surface area contributed by atoms with E-state index in [1.54, 1.807) is 12.4 Å². The molecule has 4 heteroatoms. The number of pyridine rings is 1. The smallest absolute Gasteiger partial charge is 0.304 e. The number of rotatable bonds is 6. The highest BCUT2D eigenvalue weighted by Gasteiger charge is 1.95. The first-order valence-corrected chi connectivity index (χ1v) is 4.60. The quantitative estimate of drug-likeness (QED) is 0.654. The molecule has 0 aliphatic heterocycles. The molecule has 0 unspecified atom stereocenters. The molecule has 0 aliphatic carbocycles. The Balaban J connectivity index is 2.08. The molecule has 0 spiro atoms. The maximum Gasteiger partial charge on any atom is 0.304 e. The van der Waals surface area contributed by atoms with Crippen LogP contribution >= 0.6 is 0 Å². The van der Waals surface area contributed by atoms with Crippen LogP contribution in [0.5, 0.6) is 0 Å². The summed E-state index contributed by atoms with van der Waals surface area (Å²) >= 11 is 0. The van der Waals surface area contributed by atoms with Gasteiger partial charge in [-0.2, -0.15) is 0 Å². The van der Waals surface area contributed by atoms with Crippen molar-refractivity contribution in [2.75, 3.05) is 13.1 Å². The van der Waals surface area contributed by atoms with E-state index in [2.05, 4.69) is 10.3 Å². The zero-order chi connectivity index (χ0) is 10.2. The van der Waals surface area contributed by atoms with Crippen molar-refractivity contribution in [2.24, 2.45) is 0 Å². The molecule has 1 rings (SSSR count). The van der Waals surface area contributed by atoms with Gasteiger partial charge in [0, 0.05) is 18.9 Å². The van der Waals surface area contributed by atoms with Gasteiger partial charge < -0.3 is 10.4 Å². The van der Waals surface area contributed by atoms with Crippen molar-refractivity contribution in [1.82, 2.24) is 10.3 Å². The standard InChI is InChI=1S/C10H14N2O2/c13-10(14)4-8-12-7-3-9-1-5-11-6-2-9/h1-2,5-6,12H,3-4,7-8H2,(H,13,14). The zero-order valence-electron chi connectivity index (χ0n) is 7.94. The minimum absolute atomic E-state index is 0.177. The summed E-state index contributed by atoms with van der Waals surface area (Å²) in [4.78, 5) is 14.1. The highest BCUT2D eigenvalue weighted by Crippen LogP contribution is 1.95. The third kappa shape index (κ3) is 4.57.